The van der Waals surface area contributed by atoms with Crippen LogP contribution in [0.3, 0.4) is 0 Å². The van der Waals surface area contributed by atoms with Crippen LogP contribution in [-0.2, 0) is 0 Å². The fourth-order valence-corrected chi connectivity index (χ4v) is 1.29. The summed E-state index contributed by atoms with van der Waals surface area (Å²) in [5, 5.41) is 19.5. The molecule has 0 bridgehead atoms. The third-order valence-corrected chi connectivity index (χ3v) is 2.34. The number of aryl methyl sites for hydroxylation is 1. The van der Waals surface area contributed by atoms with Gasteiger partial charge >= 0.3 is 0 Å². The number of aromatic nitrogens is 2. The summed E-state index contributed by atoms with van der Waals surface area (Å²) in [6, 6.07) is 3.79. The summed E-state index contributed by atoms with van der Waals surface area (Å²) in [5.74, 6) is 0.938. The summed E-state index contributed by atoms with van der Waals surface area (Å²) < 4.78 is 0. The van der Waals surface area contributed by atoms with Gasteiger partial charge in [0.15, 0.2) is 5.82 Å². The minimum atomic E-state index is -0.0434. The Balaban J connectivity index is 2.65. The van der Waals surface area contributed by atoms with Crippen molar-refractivity contribution < 1.29 is 5.21 Å². The standard InChI is InChI=1S/C10H17N5O/c1-7(10(11)14-16)6-15(3)9-5-4-8(2)12-13-9/h4-5,7,16H,6H2,1-3H3,(H2,11,14). The van der Waals surface area contributed by atoms with Crippen LogP contribution >= 0.6 is 0 Å². The number of hydrogen-bond acceptors (Lipinski definition) is 5. The molecule has 0 aliphatic rings. The van der Waals surface area contributed by atoms with E-state index in [9.17, 15) is 0 Å². The van der Waals surface area contributed by atoms with E-state index in [1.165, 1.54) is 0 Å². The van der Waals surface area contributed by atoms with E-state index >= 15 is 0 Å². The van der Waals surface area contributed by atoms with Gasteiger partial charge in [0.25, 0.3) is 0 Å². The lowest BCUT2D eigenvalue weighted by Gasteiger charge is -2.21. The van der Waals surface area contributed by atoms with Gasteiger partial charge in [0.2, 0.25) is 0 Å². The van der Waals surface area contributed by atoms with Crippen molar-refractivity contribution in [3.8, 4) is 0 Å². The first-order valence-electron chi connectivity index (χ1n) is 5.03. The van der Waals surface area contributed by atoms with Gasteiger partial charge < -0.3 is 15.8 Å². The van der Waals surface area contributed by atoms with Gasteiger partial charge in [-0.2, -0.15) is 5.10 Å². The number of nitrogens with two attached hydrogens (primary N) is 1. The molecule has 0 saturated heterocycles. The monoisotopic (exact) mass is 223 g/mol. The maximum atomic E-state index is 8.54. The van der Waals surface area contributed by atoms with Crippen molar-refractivity contribution in [2.75, 3.05) is 18.5 Å². The maximum Gasteiger partial charge on any atom is 0.151 e. The summed E-state index contributed by atoms with van der Waals surface area (Å²) in [6.07, 6.45) is 0. The van der Waals surface area contributed by atoms with Gasteiger partial charge in [0, 0.05) is 19.5 Å². The molecule has 0 amide bonds. The van der Waals surface area contributed by atoms with Crippen molar-refractivity contribution in [3.63, 3.8) is 0 Å². The molecule has 0 fully saturated rings. The summed E-state index contributed by atoms with van der Waals surface area (Å²) in [4.78, 5) is 1.91. The first-order valence-corrected chi connectivity index (χ1v) is 5.03. The molecule has 0 aromatic carbocycles. The molecule has 3 N–H and O–H groups in total. The highest BCUT2D eigenvalue weighted by molar-refractivity contribution is 5.82. The SMILES string of the molecule is Cc1ccc(N(C)CC(C)C(N)=NO)nn1. The van der Waals surface area contributed by atoms with Gasteiger partial charge in [0.1, 0.15) is 5.84 Å². The highest BCUT2D eigenvalue weighted by atomic mass is 16.4. The predicted molar refractivity (Wildman–Crippen MR) is 62.6 cm³/mol. The molecule has 0 spiro atoms. The Morgan fingerprint density at radius 1 is 1.56 bits per heavy atom. The Morgan fingerprint density at radius 3 is 2.75 bits per heavy atom. The van der Waals surface area contributed by atoms with Crippen LogP contribution in [0.4, 0.5) is 5.82 Å². The quantitative estimate of drug-likeness (QED) is 0.338. The van der Waals surface area contributed by atoms with Crippen LogP contribution in [0.1, 0.15) is 12.6 Å². The van der Waals surface area contributed by atoms with Gasteiger partial charge in [-0.25, -0.2) is 0 Å². The molecule has 1 atom stereocenters. The largest absolute Gasteiger partial charge is 0.409 e. The Bertz CT molecular complexity index is 362. The zero-order valence-electron chi connectivity index (χ0n) is 9.75. The van der Waals surface area contributed by atoms with Crippen molar-refractivity contribution >= 4 is 11.7 Å². The van der Waals surface area contributed by atoms with E-state index in [0.29, 0.717) is 6.54 Å². The highest BCUT2D eigenvalue weighted by Gasteiger charge is 2.12. The van der Waals surface area contributed by atoms with E-state index in [0.717, 1.165) is 11.5 Å². The second kappa shape index (κ2) is 5.29. The highest BCUT2D eigenvalue weighted by Crippen LogP contribution is 2.09. The molecular weight excluding hydrogens is 206 g/mol. The smallest absolute Gasteiger partial charge is 0.151 e. The van der Waals surface area contributed by atoms with Gasteiger partial charge in [-0.1, -0.05) is 12.1 Å². The number of oxime groups is 1. The Hall–Kier alpha value is -1.85. The molecule has 88 valence electrons. The van der Waals surface area contributed by atoms with Crippen molar-refractivity contribution in [1.29, 1.82) is 0 Å². The molecule has 0 saturated carbocycles. The number of nitrogens with zero attached hydrogens (tertiary/aromatic N) is 4. The van der Waals surface area contributed by atoms with E-state index in [1.807, 2.05) is 37.9 Å². The zero-order valence-corrected chi connectivity index (χ0v) is 9.75. The van der Waals surface area contributed by atoms with Crippen molar-refractivity contribution in [2.45, 2.75) is 13.8 Å². The number of anilines is 1. The molecular formula is C10H17N5O. The minimum absolute atomic E-state index is 0.0434. The van der Waals surface area contributed by atoms with Crippen molar-refractivity contribution in [1.82, 2.24) is 10.2 Å². The molecule has 0 aliphatic carbocycles. The fourth-order valence-electron chi connectivity index (χ4n) is 1.29. The van der Waals surface area contributed by atoms with Crippen LogP contribution in [0.15, 0.2) is 17.3 Å². The second-order valence-corrected chi connectivity index (χ2v) is 3.84. The molecule has 1 aromatic heterocycles. The Labute approximate surface area is 94.8 Å². The molecule has 6 nitrogen and oxygen atoms in total. The lowest BCUT2D eigenvalue weighted by molar-refractivity contribution is 0.314. The van der Waals surface area contributed by atoms with Crippen LogP contribution in [0, 0.1) is 12.8 Å². The Morgan fingerprint density at radius 2 is 2.25 bits per heavy atom. The van der Waals surface area contributed by atoms with Crippen LogP contribution in [0.5, 0.6) is 0 Å². The lowest BCUT2D eigenvalue weighted by atomic mass is 10.1. The molecule has 0 aliphatic heterocycles. The molecule has 16 heavy (non-hydrogen) atoms. The van der Waals surface area contributed by atoms with Gasteiger partial charge in [-0.15, -0.1) is 5.10 Å². The summed E-state index contributed by atoms with van der Waals surface area (Å²) in [6.45, 7) is 4.39. The molecule has 0 radical (unpaired) electrons. The van der Waals surface area contributed by atoms with E-state index in [1.54, 1.807) is 0 Å². The number of rotatable bonds is 4. The van der Waals surface area contributed by atoms with Crippen molar-refractivity contribution in [3.05, 3.63) is 17.8 Å². The average Bonchev–Trinajstić information content (AvgIpc) is 2.28. The van der Waals surface area contributed by atoms with E-state index in [-0.39, 0.29) is 11.8 Å². The average molecular weight is 223 g/mol. The third kappa shape index (κ3) is 3.08. The topological polar surface area (TPSA) is 87.6 Å². The maximum absolute atomic E-state index is 8.54. The van der Waals surface area contributed by atoms with Gasteiger partial charge in [0.05, 0.1) is 5.69 Å². The molecule has 1 heterocycles. The van der Waals surface area contributed by atoms with Crippen molar-refractivity contribution in [2.24, 2.45) is 16.8 Å². The van der Waals surface area contributed by atoms with Crippen LogP contribution in [-0.4, -0.2) is 34.8 Å². The fraction of sp³-hybridized carbons (Fsp3) is 0.500. The second-order valence-electron chi connectivity index (χ2n) is 3.84. The van der Waals surface area contributed by atoms with Crippen LogP contribution in [0.2, 0.25) is 0 Å². The number of hydrogen-bond donors (Lipinski definition) is 2. The van der Waals surface area contributed by atoms with Gasteiger partial charge in [-0.05, 0) is 19.1 Å². The summed E-state index contributed by atoms with van der Waals surface area (Å²) in [7, 11) is 1.89. The normalized spacial score (nSPS) is 13.6. The minimum Gasteiger partial charge on any atom is -0.409 e. The summed E-state index contributed by atoms with van der Waals surface area (Å²) >= 11 is 0. The molecule has 1 rings (SSSR count). The van der Waals surface area contributed by atoms with E-state index in [4.69, 9.17) is 10.9 Å². The molecule has 1 aromatic rings. The zero-order chi connectivity index (χ0) is 12.1. The van der Waals surface area contributed by atoms with Crippen LogP contribution < -0.4 is 10.6 Å². The van der Waals surface area contributed by atoms with E-state index < -0.39 is 0 Å². The van der Waals surface area contributed by atoms with Crippen LogP contribution in [0.25, 0.3) is 0 Å². The predicted octanol–water partition coefficient (Wildman–Crippen LogP) is 0.604. The first kappa shape index (κ1) is 12.2. The first-order chi connectivity index (χ1) is 7.54. The van der Waals surface area contributed by atoms with E-state index in [2.05, 4.69) is 15.4 Å². The Kier molecular flexibility index (Phi) is 4.04. The third-order valence-electron chi connectivity index (χ3n) is 2.34. The number of amidine groups is 1. The lowest BCUT2D eigenvalue weighted by Crippen LogP contribution is -2.33. The van der Waals surface area contributed by atoms with Gasteiger partial charge in [-0.3, -0.25) is 0 Å². The molecule has 6 heteroatoms. The summed E-state index contributed by atoms with van der Waals surface area (Å²) in [5.41, 5.74) is 6.38. The molecule has 1 unspecified atom stereocenters.